The van der Waals surface area contributed by atoms with E-state index in [1.54, 1.807) is 18.3 Å². The van der Waals surface area contributed by atoms with E-state index in [-0.39, 0.29) is 18.3 Å². The van der Waals surface area contributed by atoms with Gasteiger partial charge in [0.1, 0.15) is 12.6 Å². The van der Waals surface area contributed by atoms with Crippen LogP contribution in [-0.4, -0.2) is 27.9 Å². The van der Waals surface area contributed by atoms with Crippen molar-refractivity contribution in [2.75, 3.05) is 0 Å². The molecule has 0 aliphatic carbocycles. The number of imide groups is 1. The zero-order chi connectivity index (χ0) is 18.8. The molecule has 1 aliphatic rings. The average Bonchev–Trinajstić information content (AvgIpc) is 3.23. The van der Waals surface area contributed by atoms with Crippen molar-refractivity contribution in [2.24, 2.45) is 0 Å². The molecule has 1 saturated heterocycles. The predicted octanol–water partition coefficient (Wildman–Crippen LogP) is 3.66. The Labute approximate surface area is 160 Å². The lowest BCUT2D eigenvalue weighted by Gasteiger charge is -2.10. The molecule has 1 fully saturated rings. The van der Waals surface area contributed by atoms with Gasteiger partial charge in [0.25, 0.3) is 5.91 Å². The quantitative estimate of drug-likeness (QED) is 0.684. The second-order valence-electron chi connectivity index (χ2n) is 6.24. The van der Waals surface area contributed by atoms with Gasteiger partial charge in [-0.25, -0.2) is 9.78 Å². The summed E-state index contributed by atoms with van der Waals surface area (Å²) < 4.78 is 5.69. The molecule has 2 aromatic carbocycles. The third-order valence-corrected chi connectivity index (χ3v) is 4.58. The minimum absolute atomic E-state index is 0.0173. The molecule has 1 atom stereocenters. The Balaban J connectivity index is 1.46. The van der Waals surface area contributed by atoms with Gasteiger partial charge in [0, 0.05) is 17.0 Å². The van der Waals surface area contributed by atoms with Crippen LogP contribution >= 0.6 is 11.6 Å². The fourth-order valence-electron chi connectivity index (χ4n) is 3.01. The summed E-state index contributed by atoms with van der Waals surface area (Å²) in [5.41, 5.74) is 1.76. The number of rotatable bonds is 5. The molecule has 7 heteroatoms. The van der Waals surface area contributed by atoms with Gasteiger partial charge in [0.05, 0.1) is 6.20 Å². The van der Waals surface area contributed by atoms with Gasteiger partial charge in [-0.15, -0.1) is 0 Å². The predicted molar refractivity (Wildman–Crippen MR) is 100.0 cm³/mol. The number of hydrogen-bond donors (Lipinski definition) is 1. The summed E-state index contributed by atoms with van der Waals surface area (Å²) in [6.45, 7) is -0.0173. The Morgan fingerprint density at radius 3 is 2.70 bits per heavy atom. The van der Waals surface area contributed by atoms with Crippen LogP contribution in [0.2, 0.25) is 5.02 Å². The highest BCUT2D eigenvalue weighted by Crippen LogP contribution is 2.24. The SMILES string of the molecule is O=C1NC(Cc2ccccc2)C(=O)N1Cc1ncc(-c2cccc(Cl)c2)o1. The van der Waals surface area contributed by atoms with Crippen molar-refractivity contribution in [3.8, 4) is 11.3 Å². The maximum Gasteiger partial charge on any atom is 0.325 e. The molecule has 0 radical (unpaired) electrons. The van der Waals surface area contributed by atoms with Crippen LogP contribution in [0.3, 0.4) is 0 Å². The van der Waals surface area contributed by atoms with E-state index in [9.17, 15) is 9.59 Å². The van der Waals surface area contributed by atoms with Crippen LogP contribution in [0.5, 0.6) is 0 Å². The molecule has 0 bridgehead atoms. The van der Waals surface area contributed by atoms with Crippen LogP contribution in [-0.2, 0) is 17.8 Å². The molecule has 1 aliphatic heterocycles. The number of nitrogens with zero attached hydrogens (tertiary/aromatic N) is 2. The summed E-state index contributed by atoms with van der Waals surface area (Å²) in [5, 5.41) is 3.31. The average molecular weight is 382 g/mol. The monoisotopic (exact) mass is 381 g/mol. The second kappa shape index (κ2) is 7.25. The van der Waals surface area contributed by atoms with Crippen LogP contribution in [0.15, 0.2) is 65.2 Å². The Morgan fingerprint density at radius 2 is 1.93 bits per heavy atom. The molecule has 0 saturated carbocycles. The van der Waals surface area contributed by atoms with Crippen molar-refractivity contribution in [1.29, 1.82) is 0 Å². The number of carbonyl (C=O) groups is 2. The Bertz CT molecular complexity index is 987. The van der Waals surface area contributed by atoms with E-state index in [0.29, 0.717) is 17.2 Å². The molecule has 136 valence electrons. The molecule has 6 nitrogen and oxygen atoms in total. The molecule has 0 spiro atoms. The van der Waals surface area contributed by atoms with E-state index in [2.05, 4.69) is 10.3 Å². The van der Waals surface area contributed by atoms with E-state index < -0.39 is 12.1 Å². The third-order valence-electron chi connectivity index (χ3n) is 4.35. The minimum atomic E-state index is -0.581. The molecule has 1 aromatic heterocycles. The summed E-state index contributed by atoms with van der Waals surface area (Å²) in [6, 6.07) is 15.7. The minimum Gasteiger partial charge on any atom is -0.439 e. The highest BCUT2D eigenvalue weighted by Gasteiger charge is 2.38. The van der Waals surface area contributed by atoms with Gasteiger partial charge in [-0.2, -0.15) is 0 Å². The van der Waals surface area contributed by atoms with E-state index in [1.165, 1.54) is 0 Å². The number of benzene rings is 2. The fraction of sp³-hybridized carbons (Fsp3) is 0.150. The zero-order valence-corrected chi connectivity index (χ0v) is 15.0. The van der Waals surface area contributed by atoms with Gasteiger partial charge in [0.2, 0.25) is 5.89 Å². The van der Waals surface area contributed by atoms with Crippen molar-refractivity contribution in [2.45, 2.75) is 19.0 Å². The number of carbonyl (C=O) groups excluding carboxylic acids is 2. The molecule has 4 rings (SSSR count). The van der Waals surface area contributed by atoms with Crippen LogP contribution < -0.4 is 5.32 Å². The van der Waals surface area contributed by atoms with Crippen molar-refractivity contribution >= 4 is 23.5 Å². The molecule has 1 N–H and O–H groups in total. The van der Waals surface area contributed by atoms with Gasteiger partial charge >= 0.3 is 6.03 Å². The van der Waals surface area contributed by atoms with Crippen molar-refractivity contribution in [3.63, 3.8) is 0 Å². The smallest absolute Gasteiger partial charge is 0.325 e. The van der Waals surface area contributed by atoms with Crippen molar-refractivity contribution in [1.82, 2.24) is 15.2 Å². The normalized spacial score (nSPS) is 16.6. The molecular formula is C20H16ClN3O3. The number of oxazole rings is 1. The molecule has 3 aromatic rings. The summed E-state index contributed by atoms with van der Waals surface area (Å²) in [7, 11) is 0. The molecule has 27 heavy (non-hydrogen) atoms. The first-order valence-electron chi connectivity index (χ1n) is 8.46. The van der Waals surface area contributed by atoms with Gasteiger partial charge in [-0.3, -0.25) is 9.69 Å². The second-order valence-corrected chi connectivity index (χ2v) is 6.68. The maximum atomic E-state index is 12.6. The Kier molecular flexibility index (Phi) is 4.64. The van der Waals surface area contributed by atoms with Crippen molar-refractivity contribution in [3.05, 3.63) is 77.3 Å². The molecule has 1 unspecified atom stereocenters. The highest BCUT2D eigenvalue weighted by molar-refractivity contribution is 6.30. The van der Waals surface area contributed by atoms with Crippen LogP contribution in [0, 0.1) is 0 Å². The standard InChI is InChI=1S/C20H16ClN3O3/c21-15-8-4-7-14(10-15)17-11-22-18(27-17)12-24-19(25)16(23-20(24)26)9-13-5-2-1-3-6-13/h1-8,10-11,16H,9,12H2,(H,23,26). The maximum absolute atomic E-state index is 12.6. The van der Waals surface area contributed by atoms with Gasteiger partial charge < -0.3 is 9.73 Å². The van der Waals surface area contributed by atoms with Crippen molar-refractivity contribution < 1.29 is 14.0 Å². The first-order valence-corrected chi connectivity index (χ1v) is 8.84. The zero-order valence-electron chi connectivity index (χ0n) is 14.3. The van der Waals surface area contributed by atoms with E-state index in [4.69, 9.17) is 16.0 Å². The summed E-state index contributed by atoms with van der Waals surface area (Å²) in [5.74, 6) is 0.528. The number of nitrogens with one attached hydrogen (secondary N) is 1. The molecule has 2 heterocycles. The molecule has 3 amide bonds. The summed E-state index contributed by atoms with van der Waals surface area (Å²) >= 11 is 5.99. The lowest BCUT2D eigenvalue weighted by molar-refractivity contribution is -0.128. The van der Waals surface area contributed by atoms with Crippen LogP contribution in [0.4, 0.5) is 4.79 Å². The number of urea groups is 1. The van der Waals surface area contributed by atoms with E-state index in [0.717, 1.165) is 16.0 Å². The van der Waals surface area contributed by atoms with Gasteiger partial charge in [0.15, 0.2) is 5.76 Å². The topological polar surface area (TPSA) is 75.4 Å². The lowest BCUT2D eigenvalue weighted by atomic mass is 10.1. The number of amides is 3. The van der Waals surface area contributed by atoms with E-state index in [1.807, 2.05) is 42.5 Å². The van der Waals surface area contributed by atoms with Crippen LogP contribution in [0.25, 0.3) is 11.3 Å². The van der Waals surface area contributed by atoms with Gasteiger partial charge in [-0.05, 0) is 17.7 Å². The molecular weight excluding hydrogens is 366 g/mol. The van der Waals surface area contributed by atoms with Crippen LogP contribution in [0.1, 0.15) is 11.5 Å². The third kappa shape index (κ3) is 3.71. The van der Waals surface area contributed by atoms with E-state index >= 15 is 0 Å². The number of aromatic nitrogens is 1. The lowest BCUT2D eigenvalue weighted by Crippen LogP contribution is -2.32. The number of halogens is 1. The Morgan fingerprint density at radius 1 is 1.11 bits per heavy atom. The largest absolute Gasteiger partial charge is 0.439 e. The number of hydrogen-bond acceptors (Lipinski definition) is 4. The van der Waals surface area contributed by atoms with Gasteiger partial charge in [-0.1, -0.05) is 54.1 Å². The highest BCUT2D eigenvalue weighted by atomic mass is 35.5. The fourth-order valence-corrected chi connectivity index (χ4v) is 3.20. The first-order chi connectivity index (χ1) is 13.1. The first kappa shape index (κ1) is 17.3. The Hall–Kier alpha value is -3.12. The summed E-state index contributed by atoms with van der Waals surface area (Å²) in [4.78, 5) is 30.1. The summed E-state index contributed by atoms with van der Waals surface area (Å²) in [6.07, 6.45) is 2.00.